The van der Waals surface area contributed by atoms with Crippen molar-refractivity contribution in [1.82, 2.24) is 10.3 Å². The number of methoxy groups -OCH3 is 1. The van der Waals surface area contributed by atoms with Gasteiger partial charge in [0.1, 0.15) is 10.8 Å². The van der Waals surface area contributed by atoms with E-state index in [0.717, 1.165) is 9.88 Å². The molecular weight excluding hydrogens is 262 g/mol. The average Bonchev–Trinajstić information content (AvgIpc) is 2.81. The molecule has 0 saturated heterocycles. The zero-order valence-corrected chi connectivity index (χ0v) is 11.6. The molecule has 1 heterocycles. The van der Waals surface area contributed by atoms with E-state index in [4.69, 9.17) is 10.5 Å². The maximum atomic E-state index is 12.0. The van der Waals surface area contributed by atoms with Crippen LogP contribution in [0.5, 0.6) is 5.75 Å². The first-order valence-corrected chi connectivity index (χ1v) is 6.54. The molecule has 0 atom stereocenters. The summed E-state index contributed by atoms with van der Waals surface area (Å²) in [6.45, 7) is 2.39. The third-order valence-corrected chi connectivity index (χ3v) is 3.41. The predicted molar refractivity (Wildman–Crippen MR) is 75.4 cm³/mol. The highest BCUT2D eigenvalue weighted by molar-refractivity contribution is 7.11. The molecule has 5 nitrogen and oxygen atoms in total. The smallest absolute Gasteiger partial charge is 0.251 e. The number of nitrogens with zero attached hydrogens (tertiary/aromatic N) is 1. The van der Waals surface area contributed by atoms with Gasteiger partial charge in [0.15, 0.2) is 0 Å². The van der Waals surface area contributed by atoms with Crippen molar-refractivity contribution < 1.29 is 9.53 Å². The van der Waals surface area contributed by atoms with E-state index in [1.807, 2.05) is 6.92 Å². The van der Waals surface area contributed by atoms with Crippen molar-refractivity contribution in [3.63, 3.8) is 0 Å². The van der Waals surface area contributed by atoms with E-state index in [1.165, 1.54) is 7.11 Å². The SMILES string of the molecule is COc1cc(N)cc(C(=O)NCc2ncc(C)s2)c1. The number of nitrogens with one attached hydrogen (secondary N) is 1. The highest BCUT2D eigenvalue weighted by Gasteiger charge is 2.09. The van der Waals surface area contributed by atoms with Gasteiger partial charge in [-0.05, 0) is 19.1 Å². The van der Waals surface area contributed by atoms with Crippen molar-refractivity contribution >= 4 is 22.9 Å². The fraction of sp³-hybridized carbons (Fsp3) is 0.231. The molecule has 1 aromatic heterocycles. The van der Waals surface area contributed by atoms with Crippen LogP contribution in [0, 0.1) is 6.92 Å². The molecule has 1 amide bonds. The molecule has 0 aliphatic heterocycles. The van der Waals surface area contributed by atoms with Gasteiger partial charge in [-0.1, -0.05) is 0 Å². The van der Waals surface area contributed by atoms with E-state index in [1.54, 1.807) is 35.7 Å². The lowest BCUT2D eigenvalue weighted by Gasteiger charge is -2.07. The second-order valence-electron chi connectivity index (χ2n) is 4.04. The van der Waals surface area contributed by atoms with Gasteiger partial charge in [-0.25, -0.2) is 4.98 Å². The molecule has 2 aromatic rings. The van der Waals surface area contributed by atoms with Gasteiger partial charge in [-0.3, -0.25) is 4.79 Å². The van der Waals surface area contributed by atoms with Gasteiger partial charge in [0.25, 0.3) is 5.91 Å². The Morgan fingerprint density at radius 2 is 2.26 bits per heavy atom. The monoisotopic (exact) mass is 277 g/mol. The zero-order chi connectivity index (χ0) is 13.8. The first kappa shape index (κ1) is 13.4. The number of hydrogen-bond donors (Lipinski definition) is 2. The highest BCUT2D eigenvalue weighted by atomic mass is 32.1. The zero-order valence-electron chi connectivity index (χ0n) is 10.8. The maximum Gasteiger partial charge on any atom is 0.251 e. The number of benzene rings is 1. The van der Waals surface area contributed by atoms with Gasteiger partial charge in [0, 0.05) is 28.4 Å². The lowest BCUT2D eigenvalue weighted by atomic mass is 10.2. The van der Waals surface area contributed by atoms with Crippen molar-refractivity contribution in [3.05, 3.63) is 39.8 Å². The molecule has 0 unspecified atom stereocenters. The minimum absolute atomic E-state index is 0.196. The Bertz CT molecular complexity index is 595. The summed E-state index contributed by atoms with van der Waals surface area (Å²) in [4.78, 5) is 17.3. The first-order chi connectivity index (χ1) is 9.08. The summed E-state index contributed by atoms with van der Waals surface area (Å²) in [5.41, 5.74) is 6.69. The van der Waals surface area contributed by atoms with Gasteiger partial charge in [-0.2, -0.15) is 0 Å². The number of thiazole rings is 1. The van der Waals surface area contributed by atoms with Crippen LogP contribution in [0.25, 0.3) is 0 Å². The molecule has 3 N–H and O–H groups in total. The molecule has 0 aliphatic rings. The number of hydrogen-bond acceptors (Lipinski definition) is 5. The number of nitrogen functional groups attached to an aromatic ring is 1. The van der Waals surface area contributed by atoms with E-state index < -0.39 is 0 Å². The first-order valence-electron chi connectivity index (χ1n) is 5.72. The Balaban J connectivity index is 2.05. The molecule has 19 heavy (non-hydrogen) atoms. The van der Waals surface area contributed by atoms with Crippen LogP contribution in [0.15, 0.2) is 24.4 Å². The molecule has 6 heteroatoms. The summed E-state index contributed by atoms with van der Waals surface area (Å²) in [6, 6.07) is 4.94. The highest BCUT2D eigenvalue weighted by Crippen LogP contribution is 2.18. The van der Waals surface area contributed by atoms with Crippen LogP contribution < -0.4 is 15.8 Å². The molecule has 0 saturated carbocycles. The fourth-order valence-corrected chi connectivity index (χ4v) is 2.34. The number of carbonyl (C=O) groups excluding carboxylic acids is 1. The summed E-state index contributed by atoms with van der Waals surface area (Å²) in [7, 11) is 1.54. The number of anilines is 1. The van der Waals surface area contributed by atoms with E-state index in [2.05, 4.69) is 10.3 Å². The van der Waals surface area contributed by atoms with Crippen LogP contribution in [-0.2, 0) is 6.54 Å². The summed E-state index contributed by atoms with van der Waals surface area (Å²) in [6.07, 6.45) is 1.79. The number of ether oxygens (including phenoxy) is 1. The van der Waals surface area contributed by atoms with Gasteiger partial charge in [0.05, 0.1) is 13.7 Å². The Kier molecular flexibility index (Phi) is 4.01. The average molecular weight is 277 g/mol. The number of rotatable bonds is 4. The van der Waals surface area contributed by atoms with Crippen molar-refractivity contribution in [1.29, 1.82) is 0 Å². The minimum Gasteiger partial charge on any atom is -0.497 e. The minimum atomic E-state index is -0.196. The predicted octanol–water partition coefficient (Wildman–Crippen LogP) is 1.97. The quantitative estimate of drug-likeness (QED) is 0.838. The summed E-state index contributed by atoms with van der Waals surface area (Å²) < 4.78 is 5.08. The van der Waals surface area contributed by atoms with Gasteiger partial charge in [-0.15, -0.1) is 11.3 Å². The standard InChI is InChI=1S/C13H15N3O2S/c1-8-6-15-12(19-8)7-16-13(17)9-3-10(14)5-11(4-9)18-2/h3-6H,7,14H2,1-2H3,(H,16,17). The van der Waals surface area contributed by atoms with E-state index in [0.29, 0.717) is 23.5 Å². The van der Waals surface area contributed by atoms with Crippen LogP contribution >= 0.6 is 11.3 Å². The maximum absolute atomic E-state index is 12.0. The number of carbonyl (C=O) groups is 1. The van der Waals surface area contributed by atoms with Crippen molar-refractivity contribution in [2.45, 2.75) is 13.5 Å². The van der Waals surface area contributed by atoms with Crippen molar-refractivity contribution in [3.8, 4) is 5.75 Å². The summed E-state index contributed by atoms with van der Waals surface area (Å²) in [5, 5.41) is 3.68. The van der Waals surface area contributed by atoms with E-state index >= 15 is 0 Å². The van der Waals surface area contributed by atoms with Gasteiger partial charge >= 0.3 is 0 Å². The van der Waals surface area contributed by atoms with Gasteiger partial charge in [0.2, 0.25) is 0 Å². The lowest BCUT2D eigenvalue weighted by molar-refractivity contribution is 0.0950. The molecule has 2 rings (SSSR count). The molecule has 1 aromatic carbocycles. The largest absolute Gasteiger partial charge is 0.497 e. The Hall–Kier alpha value is -2.08. The third kappa shape index (κ3) is 3.45. The second kappa shape index (κ2) is 5.71. The Morgan fingerprint density at radius 1 is 1.47 bits per heavy atom. The van der Waals surface area contributed by atoms with Crippen LogP contribution in [-0.4, -0.2) is 18.0 Å². The number of amides is 1. The number of aryl methyl sites for hydroxylation is 1. The molecule has 100 valence electrons. The van der Waals surface area contributed by atoms with Crippen molar-refractivity contribution in [2.75, 3.05) is 12.8 Å². The van der Waals surface area contributed by atoms with E-state index in [9.17, 15) is 4.79 Å². The molecule has 0 bridgehead atoms. The molecule has 0 fully saturated rings. The summed E-state index contributed by atoms with van der Waals surface area (Å²) in [5.74, 6) is 0.369. The van der Waals surface area contributed by atoms with Crippen molar-refractivity contribution in [2.24, 2.45) is 0 Å². The fourth-order valence-electron chi connectivity index (χ4n) is 1.61. The molecular formula is C13H15N3O2S. The molecule has 0 aliphatic carbocycles. The normalized spacial score (nSPS) is 10.2. The van der Waals surface area contributed by atoms with Crippen LogP contribution in [0.4, 0.5) is 5.69 Å². The van der Waals surface area contributed by atoms with Crippen LogP contribution in [0.3, 0.4) is 0 Å². The Labute approximate surface area is 115 Å². The van der Waals surface area contributed by atoms with Crippen LogP contribution in [0.1, 0.15) is 20.2 Å². The number of nitrogens with two attached hydrogens (primary N) is 1. The third-order valence-electron chi connectivity index (χ3n) is 2.50. The summed E-state index contributed by atoms with van der Waals surface area (Å²) >= 11 is 1.56. The molecule has 0 radical (unpaired) electrons. The molecule has 0 spiro atoms. The van der Waals surface area contributed by atoms with Crippen LogP contribution in [0.2, 0.25) is 0 Å². The Morgan fingerprint density at radius 3 is 2.89 bits per heavy atom. The second-order valence-corrected chi connectivity index (χ2v) is 5.36. The van der Waals surface area contributed by atoms with E-state index in [-0.39, 0.29) is 5.91 Å². The van der Waals surface area contributed by atoms with Gasteiger partial charge < -0.3 is 15.8 Å². The topological polar surface area (TPSA) is 77.2 Å². The number of aromatic nitrogens is 1. The lowest BCUT2D eigenvalue weighted by Crippen LogP contribution is -2.22.